The van der Waals surface area contributed by atoms with Crippen molar-refractivity contribution in [3.63, 3.8) is 0 Å². The first kappa shape index (κ1) is 24.4. The maximum Gasteiger partial charge on any atom is 0.311 e. The van der Waals surface area contributed by atoms with E-state index in [2.05, 4.69) is 12.2 Å². The highest BCUT2D eigenvalue weighted by Gasteiger charge is 2.77. The number of hydrogen-bond donors (Lipinski definition) is 2. The number of nitrogens with one attached hydrogen (secondary N) is 1. The first-order valence-corrected chi connectivity index (χ1v) is 12.6. The van der Waals surface area contributed by atoms with Gasteiger partial charge in [-0.3, -0.25) is 14.4 Å². The average molecular weight is 455 g/mol. The summed E-state index contributed by atoms with van der Waals surface area (Å²) in [4.78, 5) is 42.0. The third kappa shape index (κ3) is 3.99. The van der Waals surface area contributed by atoms with Gasteiger partial charge in [-0.25, -0.2) is 0 Å². The number of aliphatic hydroxyl groups is 1. The van der Waals surface area contributed by atoms with E-state index < -0.39 is 33.4 Å². The molecule has 3 heterocycles. The van der Waals surface area contributed by atoms with E-state index in [0.717, 1.165) is 19.3 Å². The second kappa shape index (κ2) is 9.30. The molecule has 3 aliphatic heterocycles. The maximum absolute atomic E-state index is 13.9. The fourth-order valence-corrected chi connectivity index (χ4v) is 8.28. The molecule has 7 nitrogen and oxygen atoms in total. The summed E-state index contributed by atoms with van der Waals surface area (Å²) in [6.45, 7) is 10.6. The number of rotatable bonds is 10. The molecule has 2 N–H and O–H groups in total. The first-order valence-electron chi connectivity index (χ1n) is 11.7. The predicted molar refractivity (Wildman–Crippen MR) is 120 cm³/mol. The van der Waals surface area contributed by atoms with Crippen LogP contribution >= 0.6 is 11.8 Å². The fraction of sp³-hybridized carbons (Fsp3) is 0.870. The molecule has 0 radical (unpaired) electrons. The topological polar surface area (TPSA) is 95.9 Å². The number of esters is 1. The van der Waals surface area contributed by atoms with Gasteiger partial charge in [-0.2, -0.15) is 0 Å². The van der Waals surface area contributed by atoms with Crippen LogP contribution in [-0.4, -0.2) is 69.1 Å². The van der Waals surface area contributed by atoms with Gasteiger partial charge in [0, 0.05) is 11.3 Å². The number of carbonyl (C=O) groups is 3. The van der Waals surface area contributed by atoms with Crippen LogP contribution < -0.4 is 5.32 Å². The molecule has 3 rings (SSSR count). The summed E-state index contributed by atoms with van der Waals surface area (Å²) in [6, 6.07) is -1.12. The van der Waals surface area contributed by atoms with Crippen LogP contribution in [0.25, 0.3) is 0 Å². The highest BCUT2D eigenvalue weighted by molar-refractivity contribution is 8.02. The van der Waals surface area contributed by atoms with E-state index in [1.807, 2.05) is 20.8 Å². The van der Waals surface area contributed by atoms with Crippen LogP contribution in [0.1, 0.15) is 66.7 Å². The zero-order valence-electron chi connectivity index (χ0n) is 19.5. The molecule has 2 bridgehead atoms. The fourth-order valence-electron chi connectivity index (χ4n) is 5.95. The van der Waals surface area contributed by atoms with Crippen molar-refractivity contribution in [2.24, 2.45) is 17.8 Å². The minimum atomic E-state index is -0.677. The summed E-state index contributed by atoms with van der Waals surface area (Å²) in [5.41, 5.74) is 0. The van der Waals surface area contributed by atoms with Crippen LogP contribution in [0.2, 0.25) is 0 Å². The minimum absolute atomic E-state index is 0.159. The molecular formula is C23H38N2O5S. The number of aliphatic hydroxyl groups excluding tert-OH is 1. The molecule has 0 aromatic rings. The number of nitrogens with zero attached hydrogens (tertiary/aromatic N) is 1. The van der Waals surface area contributed by atoms with Gasteiger partial charge in [-0.1, -0.05) is 27.2 Å². The number of amides is 2. The summed E-state index contributed by atoms with van der Waals surface area (Å²) in [5.74, 6) is -1.56. The molecule has 8 heteroatoms. The Balaban J connectivity index is 2.03. The first-order chi connectivity index (χ1) is 14.7. The molecule has 176 valence electrons. The Morgan fingerprint density at radius 3 is 2.61 bits per heavy atom. The minimum Gasteiger partial charge on any atom is -0.466 e. The lowest BCUT2D eigenvalue weighted by Crippen LogP contribution is -2.56. The number of unbranched alkanes of at least 4 members (excludes halogenated alkanes) is 1. The van der Waals surface area contributed by atoms with Crippen molar-refractivity contribution in [1.29, 1.82) is 0 Å². The van der Waals surface area contributed by atoms with Gasteiger partial charge in [0.1, 0.15) is 6.04 Å². The van der Waals surface area contributed by atoms with E-state index in [1.165, 1.54) is 0 Å². The van der Waals surface area contributed by atoms with Gasteiger partial charge >= 0.3 is 5.97 Å². The Labute approximate surface area is 190 Å². The lowest BCUT2D eigenvalue weighted by atomic mass is 9.66. The molecule has 3 saturated heterocycles. The second-order valence-electron chi connectivity index (χ2n) is 9.84. The van der Waals surface area contributed by atoms with Gasteiger partial charge in [0.15, 0.2) is 0 Å². The molecular weight excluding hydrogens is 416 g/mol. The van der Waals surface area contributed by atoms with Crippen LogP contribution in [0.15, 0.2) is 0 Å². The van der Waals surface area contributed by atoms with Gasteiger partial charge in [-0.05, 0) is 45.4 Å². The third-order valence-electron chi connectivity index (χ3n) is 7.18. The average Bonchev–Trinajstić information content (AvgIpc) is 3.27. The number of fused-ring (bicyclic) bond motifs is 1. The lowest BCUT2D eigenvalue weighted by molar-refractivity contribution is -0.155. The summed E-state index contributed by atoms with van der Waals surface area (Å²) < 4.78 is 4.33. The molecule has 2 unspecified atom stereocenters. The standard InChI is InChI=1S/C23H38N2O5S/c1-6-8-11-24-19(27)18-23-10-9-22(5,31-23)17(21(29)30-7-2)16(23)20(28)25(18)15(13-26)12-14(3)4/h14-18,26H,6-13H2,1-5H3,(H,24,27)/t15-,16+,17-,18?,22+,23?/m1/s1. The Morgan fingerprint density at radius 1 is 1.32 bits per heavy atom. The van der Waals surface area contributed by atoms with Crippen molar-refractivity contribution in [2.75, 3.05) is 19.8 Å². The van der Waals surface area contributed by atoms with E-state index in [9.17, 15) is 19.5 Å². The van der Waals surface area contributed by atoms with Gasteiger partial charge in [0.05, 0.1) is 35.8 Å². The molecule has 6 atom stereocenters. The molecule has 0 aromatic carbocycles. The number of carbonyl (C=O) groups excluding carboxylic acids is 3. The highest BCUT2D eigenvalue weighted by Crippen LogP contribution is 2.71. The van der Waals surface area contributed by atoms with Gasteiger partial charge < -0.3 is 20.1 Å². The van der Waals surface area contributed by atoms with Crippen molar-refractivity contribution in [1.82, 2.24) is 10.2 Å². The summed E-state index contributed by atoms with van der Waals surface area (Å²) in [6.07, 6.45) is 3.92. The van der Waals surface area contributed by atoms with E-state index >= 15 is 0 Å². The molecule has 2 amide bonds. The van der Waals surface area contributed by atoms with E-state index in [-0.39, 0.29) is 36.9 Å². The summed E-state index contributed by atoms with van der Waals surface area (Å²) in [7, 11) is 0. The van der Waals surface area contributed by atoms with E-state index in [4.69, 9.17) is 4.74 Å². The Bertz CT molecular complexity index is 716. The van der Waals surface area contributed by atoms with Crippen molar-refractivity contribution < 1.29 is 24.2 Å². The number of hydrogen-bond acceptors (Lipinski definition) is 6. The maximum atomic E-state index is 13.9. The van der Waals surface area contributed by atoms with Crippen molar-refractivity contribution >= 4 is 29.5 Å². The largest absolute Gasteiger partial charge is 0.466 e. The van der Waals surface area contributed by atoms with Crippen LogP contribution in [0, 0.1) is 17.8 Å². The number of thioether (sulfide) groups is 1. The third-order valence-corrected chi connectivity index (χ3v) is 9.17. The van der Waals surface area contributed by atoms with Crippen LogP contribution in [0.4, 0.5) is 0 Å². The van der Waals surface area contributed by atoms with Crippen LogP contribution in [0.3, 0.4) is 0 Å². The second-order valence-corrected chi connectivity index (χ2v) is 11.7. The quantitative estimate of drug-likeness (QED) is 0.389. The monoisotopic (exact) mass is 454 g/mol. The van der Waals surface area contributed by atoms with Gasteiger partial charge in [-0.15, -0.1) is 11.8 Å². The van der Waals surface area contributed by atoms with Crippen molar-refractivity contribution in [3.05, 3.63) is 0 Å². The highest BCUT2D eigenvalue weighted by atomic mass is 32.2. The Kier molecular flexibility index (Phi) is 7.31. The Hall–Kier alpha value is -1.28. The molecule has 0 aliphatic carbocycles. The van der Waals surface area contributed by atoms with Crippen LogP contribution in [-0.2, 0) is 19.1 Å². The smallest absolute Gasteiger partial charge is 0.311 e. The zero-order valence-corrected chi connectivity index (χ0v) is 20.3. The predicted octanol–water partition coefficient (Wildman–Crippen LogP) is 2.35. The molecule has 31 heavy (non-hydrogen) atoms. The SMILES string of the molecule is CCCCNC(=O)C1N([C@@H](CO)CC(C)C)C(=O)[C@@H]2[C@H](C(=O)OCC)[C@]3(C)CCC12S3. The molecule has 3 aliphatic rings. The zero-order chi connectivity index (χ0) is 23.0. The molecule has 0 aromatic heterocycles. The van der Waals surface area contributed by atoms with E-state index in [0.29, 0.717) is 19.4 Å². The lowest BCUT2D eigenvalue weighted by Gasteiger charge is -2.37. The summed E-state index contributed by atoms with van der Waals surface area (Å²) in [5, 5.41) is 13.2. The number of ether oxygens (including phenoxy) is 1. The molecule has 1 spiro atoms. The van der Waals surface area contributed by atoms with Crippen molar-refractivity contribution in [2.45, 2.75) is 88.3 Å². The molecule has 0 saturated carbocycles. The van der Waals surface area contributed by atoms with Gasteiger partial charge in [0.2, 0.25) is 11.8 Å². The Morgan fingerprint density at radius 2 is 2.03 bits per heavy atom. The summed E-state index contributed by atoms with van der Waals surface area (Å²) >= 11 is 1.64. The normalized spacial score (nSPS) is 34.9. The molecule has 3 fully saturated rings. The van der Waals surface area contributed by atoms with Crippen LogP contribution in [0.5, 0.6) is 0 Å². The van der Waals surface area contributed by atoms with Gasteiger partial charge in [0.25, 0.3) is 0 Å². The number of likely N-dealkylation sites (tertiary alicyclic amines) is 1. The van der Waals surface area contributed by atoms with Crippen molar-refractivity contribution in [3.8, 4) is 0 Å². The van der Waals surface area contributed by atoms with E-state index in [1.54, 1.807) is 23.6 Å².